The van der Waals surface area contributed by atoms with Crippen molar-refractivity contribution < 1.29 is 4.74 Å². The Hall–Kier alpha value is -0.810. The van der Waals surface area contributed by atoms with E-state index in [1.807, 2.05) is 11.9 Å². The quantitative estimate of drug-likeness (QED) is 0.225. The monoisotopic (exact) mass is 226 g/mol. The maximum absolute atomic E-state index is 5.58. The zero-order valence-electron chi connectivity index (χ0n) is 9.98. The van der Waals surface area contributed by atoms with Gasteiger partial charge >= 0.3 is 0 Å². The molecule has 3 N–H and O–H groups in total. The molecule has 2 rings (SSSR count). The van der Waals surface area contributed by atoms with Crippen molar-refractivity contribution in [2.24, 2.45) is 16.8 Å². The third-order valence-corrected chi connectivity index (χ3v) is 2.96. The molecule has 0 saturated heterocycles. The number of nitrogens with one attached hydrogen (secondary N) is 1. The molecule has 2 saturated carbocycles. The first kappa shape index (κ1) is 11.7. The van der Waals surface area contributed by atoms with Gasteiger partial charge in [-0.05, 0) is 31.6 Å². The van der Waals surface area contributed by atoms with Crippen LogP contribution in [0.3, 0.4) is 0 Å². The molecule has 0 amide bonds. The highest BCUT2D eigenvalue weighted by atomic mass is 16.5. The van der Waals surface area contributed by atoms with E-state index in [9.17, 15) is 0 Å². The van der Waals surface area contributed by atoms with E-state index in [0.29, 0.717) is 6.04 Å². The maximum Gasteiger partial charge on any atom is 0.208 e. The number of nitrogens with two attached hydrogens (primary N) is 1. The van der Waals surface area contributed by atoms with Crippen LogP contribution in [0.5, 0.6) is 0 Å². The third kappa shape index (κ3) is 3.98. The molecule has 2 fully saturated rings. The molecule has 0 unspecified atom stereocenters. The molecule has 5 heteroatoms. The lowest BCUT2D eigenvalue weighted by atomic mass is 10.5. The molecule has 0 bridgehead atoms. The SMILES string of the molecule is CN(CCOCC1CC1)C(=NC1CC1)NN. The third-order valence-electron chi connectivity index (χ3n) is 2.96. The van der Waals surface area contributed by atoms with Crippen LogP contribution in [0.1, 0.15) is 25.7 Å². The zero-order chi connectivity index (χ0) is 11.4. The van der Waals surface area contributed by atoms with Crippen LogP contribution >= 0.6 is 0 Å². The van der Waals surface area contributed by atoms with Crippen LogP contribution in [-0.2, 0) is 4.74 Å². The lowest BCUT2D eigenvalue weighted by molar-refractivity contribution is 0.115. The zero-order valence-corrected chi connectivity index (χ0v) is 9.98. The number of nitrogens with zero attached hydrogens (tertiary/aromatic N) is 2. The smallest absolute Gasteiger partial charge is 0.208 e. The minimum absolute atomic E-state index is 0.487. The topological polar surface area (TPSA) is 62.9 Å². The van der Waals surface area contributed by atoms with Gasteiger partial charge in [0.15, 0.2) is 0 Å². The summed E-state index contributed by atoms with van der Waals surface area (Å²) in [6, 6.07) is 0.487. The molecule has 0 spiro atoms. The van der Waals surface area contributed by atoms with Gasteiger partial charge in [0.1, 0.15) is 0 Å². The number of hydrogen-bond acceptors (Lipinski definition) is 3. The fraction of sp³-hybridized carbons (Fsp3) is 0.909. The summed E-state index contributed by atoms with van der Waals surface area (Å²) in [5.74, 6) is 7.06. The Morgan fingerprint density at radius 1 is 1.44 bits per heavy atom. The lowest BCUT2D eigenvalue weighted by Crippen LogP contribution is -2.44. The Bertz CT molecular complexity index is 248. The number of hydrogen-bond donors (Lipinski definition) is 2. The van der Waals surface area contributed by atoms with Gasteiger partial charge in [-0.15, -0.1) is 0 Å². The van der Waals surface area contributed by atoms with Gasteiger partial charge in [-0.3, -0.25) is 5.43 Å². The Kier molecular flexibility index (Phi) is 4.01. The van der Waals surface area contributed by atoms with Crippen molar-refractivity contribution >= 4 is 5.96 Å². The Balaban J connectivity index is 1.61. The fourth-order valence-electron chi connectivity index (χ4n) is 1.46. The summed E-state index contributed by atoms with van der Waals surface area (Å²) < 4.78 is 5.58. The number of hydrazine groups is 1. The van der Waals surface area contributed by atoms with Crippen LogP contribution in [0.4, 0.5) is 0 Å². The highest BCUT2D eigenvalue weighted by Crippen LogP contribution is 2.28. The summed E-state index contributed by atoms with van der Waals surface area (Å²) in [6.45, 7) is 2.50. The number of ether oxygens (including phenoxy) is 1. The van der Waals surface area contributed by atoms with Crippen molar-refractivity contribution in [3.05, 3.63) is 0 Å². The second-order valence-corrected chi connectivity index (χ2v) is 4.77. The first-order valence-electron chi connectivity index (χ1n) is 6.13. The van der Waals surface area contributed by atoms with E-state index >= 15 is 0 Å². The maximum atomic E-state index is 5.58. The molecule has 0 aliphatic heterocycles. The molecule has 2 aliphatic rings. The van der Waals surface area contributed by atoms with Crippen LogP contribution in [-0.4, -0.2) is 43.7 Å². The average molecular weight is 226 g/mol. The minimum atomic E-state index is 0.487. The second kappa shape index (κ2) is 5.50. The summed E-state index contributed by atoms with van der Waals surface area (Å²) >= 11 is 0. The highest BCUT2D eigenvalue weighted by molar-refractivity contribution is 5.79. The number of rotatable bonds is 6. The van der Waals surface area contributed by atoms with E-state index in [-0.39, 0.29) is 0 Å². The standard InChI is InChI=1S/C11H22N4O/c1-15(6-7-16-8-9-2-3-9)11(14-12)13-10-4-5-10/h9-10H,2-8,12H2,1H3,(H,13,14). The van der Waals surface area contributed by atoms with Crippen molar-refractivity contribution in [1.29, 1.82) is 0 Å². The van der Waals surface area contributed by atoms with E-state index in [1.165, 1.54) is 25.7 Å². The summed E-state index contributed by atoms with van der Waals surface area (Å²) in [5.41, 5.74) is 2.66. The molecule has 2 aliphatic carbocycles. The van der Waals surface area contributed by atoms with Gasteiger partial charge < -0.3 is 9.64 Å². The number of guanidine groups is 1. The Labute approximate surface area is 97.0 Å². The molecule has 0 aromatic carbocycles. The Morgan fingerprint density at radius 3 is 2.75 bits per heavy atom. The van der Waals surface area contributed by atoms with E-state index in [4.69, 9.17) is 10.6 Å². The normalized spacial score (nSPS) is 21.0. The van der Waals surface area contributed by atoms with Gasteiger partial charge in [0.2, 0.25) is 5.96 Å². The van der Waals surface area contributed by atoms with E-state index < -0.39 is 0 Å². The summed E-state index contributed by atoms with van der Waals surface area (Å²) in [7, 11) is 1.99. The van der Waals surface area contributed by atoms with E-state index in [1.54, 1.807) is 0 Å². The first-order valence-corrected chi connectivity index (χ1v) is 6.13. The predicted molar refractivity (Wildman–Crippen MR) is 64.0 cm³/mol. The summed E-state index contributed by atoms with van der Waals surface area (Å²) in [6.07, 6.45) is 5.07. The van der Waals surface area contributed by atoms with Crippen molar-refractivity contribution in [1.82, 2.24) is 10.3 Å². The van der Waals surface area contributed by atoms with Crippen LogP contribution in [0.15, 0.2) is 4.99 Å². The van der Waals surface area contributed by atoms with Crippen molar-refractivity contribution in [3.63, 3.8) is 0 Å². The molecule has 92 valence electrons. The molecule has 0 radical (unpaired) electrons. The summed E-state index contributed by atoms with van der Waals surface area (Å²) in [4.78, 5) is 6.50. The lowest BCUT2D eigenvalue weighted by Gasteiger charge is -2.20. The van der Waals surface area contributed by atoms with E-state index in [2.05, 4.69) is 10.4 Å². The molecule has 0 heterocycles. The molecule has 5 nitrogen and oxygen atoms in total. The average Bonchev–Trinajstić information content (AvgIpc) is 3.14. The van der Waals surface area contributed by atoms with Gasteiger partial charge in [-0.2, -0.15) is 0 Å². The van der Waals surface area contributed by atoms with Crippen LogP contribution < -0.4 is 11.3 Å². The number of likely N-dealkylation sites (N-methyl/N-ethyl adjacent to an activating group) is 1. The second-order valence-electron chi connectivity index (χ2n) is 4.77. The van der Waals surface area contributed by atoms with Crippen LogP contribution in [0, 0.1) is 5.92 Å². The Morgan fingerprint density at radius 2 is 2.19 bits per heavy atom. The fourth-order valence-corrected chi connectivity index (χ4v) is 1.46. The van der Waals surface area contributed by atoms with Gasteiger partial charge in [0, 0.05) is 20.2 Å². The van der Waals surface area contributed by atoms with Crippen LogP contribution in [0.25, 0.3) is 0 Å². The van der Waals surface area contributed by atoms with Crippen molar-refractivity contribution in [2.75, 3.05) is 26.8 Å². The molecular formula is C11H22N4O. The minimum Gasteiger partial charge on any atom is -0.379 e. The van der Waals surface area contributed by atoms with Gasteiger partial charge in [-0.25, -0.2) is 10.8 Å². The highest BCUT2D eigenvalue weighted by Gasteiger charge is 2.22. The largest absolute Gasteiger partial charge is 0.379 e. The van der Waals surface area contributed by atoms with Crippen molar-refractivity contribution in [2.45, 2.75) is 31.7 Å². The van der Waals surface area contributed by atoms with E-state index in [0.717, 1.165) is 31.6 Å². The van der Waals surface area contributed by atoms with Gasteiger partial charge in [0.25, 0.3) is 0 Å². The van der Waals surface area contributed by atoms with Crippen molar-refractivity contribution in [3.8, 4) is 0 Å². The number of aliphatic imine (C=N–C) groups is 1. The molecule has 0 aromatic heterocycles. The first-order chi connectivity index (χ1) is 7.79. The summed E-state index contributed by atoms with van der Waals surface area (Å²) in [5, 5.41) is 0. The van der Waals surface area contributed by atoms with Crippen LogP contribution in [0.2, 0.25) is 0 Å². The molecule has 0 atom stereocenters. The molecule has 16 heavy (non-hydrogen) atoms. The molecular weight excluding hydrogens is 204 g/mol. The molecule has 0 aromatic rings. The van der Waals surface area contributed by atoms with Gasteiger partial charge in [-0.1, -0.05) is 0 Å². The predicted octanol–water partition coefficient (Wildman–Crippen LogP) is 0.327. The van der Waals surface area contributed by atoms with Gasteiger partial charge in [0.05, 0.1) is 12.6 Å².